The molecule has 8 nitrogen and oxygen atoms in total. The average Bonchev–Trinajstić information content (AvgIpc) is 2.86. The molecule has 8 heteroatoms. The van der Waals surface area contributed by atoms with E-state index >= 15 is 0 Å². The van der Waals surface area contributed by atoms with E-state index in [9.17, 15) is 14.4 Å². The summed E-state index contributed by atoms with van der Waals surface area (Å²) < 4.78 is 0. The Balaban J connectivity index is 1.25. The lowest BCUT2D eigenvalue weighted by Crippen LogP contribution is -2.61. The van der Waals surface area contributed by atoms with Gasteiger partial charge in [-0.05, 0) is 60.7 Å². The Morgan fingerprint density at radius 3 is 2.29 bits per heavy atom. The molecule has 0 radical (unpaired) electrons. The minimum atomic E-state index is -1.14. The van der Waals surface area contributed by atoms with Gasteiger partial charge in [-0.2, -0.15) is 0 Å². The number of Topliss-reactive ketones (excluding diaryl/α,β-unsaturated/α-hetero) is 1. The van der Waals surface area contributed by atoms with Crippen molar-refractivity contribution in [1.29, 1.82) is 0 Å². The van der Waals surface area contributed by atoms with E-state index in [1.165, 1.54) is 31.4 Å². The number of piperidine rings is 1. The van der Waals surface area contributed by atoms with Crippen molar-refractivity contribution in [3.8, 4) is 0 Å². The number of carbonyl (C=O) groups excluding carboxylic acids is 3. The third-order valence-corrected chi connectivity index (χ3v) is 6.54. The number of urea groups is 1. The van der Waals surface area contributed by atoms with Crippen LogP contribution in [0.5, 0.6) is 0 Å². The fraction of sp³-hybridized carbons (Fsp3) is 0.423. The molecule has 2 aromatic carbocycles. The second kappa shape index (κ2) is 11.0. The van der Waals surface area contributed by atoms with Gasteiger partial charge in [0.15, 0.2) is 11.8 Å². The van der Waals surface area contributed by atoms with Gasteiger partial charge >= 0.3 is 6.03 Å². The molecule has 2 saturated heterocycles. The maximum Gasteiger partial charge on any atom is 0.316 e. The molecule has 2 fully saturated rings. The fourth-order valence-corrected chi connectivity index (χ4v) is 4.55. The van der Waals surface area contributed by atoms with Gasteiger partial charge in [-0.3, -0.25) is 9.59 Å². The van der Waals surface area contributed by atoms with E-state index in [2.05, 4.69) is 57.4 Å². The van der Waals surface area contributed by atoms with Crippen molar-refractivity contribution in [2.75, 3.05) is 29.9 Å². The second-order valence-corrected chi connectivity index (χ2v) is 9.03. The Hall–Kier alpha value is -3.55. The van der Waals surface area contributed by atoms with Crippen LogP contribution in [0, 0.1) is 5.92 Å². The highest BCUT2D eigenvalue weighted by molar-refractivity contribution is 6.11. The molecule has 4 rings (SSSR count). The lowest BCUT2D eigenvalue weighted by atomic mass is 9.92. The first-order chi connectivity index (χ1) is 16.5. The SMILES string of the molecule is CCCC1CCN(c2ccc(Nc3ccc(CNC(=O)C4NC(=O)NCC4=O)cc3)cc2)CC1. The van der Waals surface area contributed by atoms with Crippen molar-refractivity contribution < 1.29 is 14.4 Å². The number of amides is 3. The normalized spacial score (nSPS) is 18.7. The Bertz CT molecular complexity index is 998. The molecule has 0 aliphatic carbocycles. The van der Waals surface area contributed by atoms with E-state index in [4.69, 9.17) is 0 Å². The van der Waals surface area contributed by atoms with Gasteiger partial charge in [0.1, 0.15) is 0 Å². The molecule has 0 aromatic heterocycles. The highest BCUT2D eigenvalue weighted by Gasteiger charge is 2.31. The van der Waals surface area contributed by atoms with Crippen LogP contribution < -0.4 is 26.2 Å². The Morgan fingerprint density at radius 2 is 1.65 bits per heavy atom. The lowest BCUT2D eigenvalue weighted by Gasteiger charge is -2.33. The molecular weight excluding hydrogens is 430 g/mol. The van der Waals surface area contributed by atoms with Crippen LogP contribution in [0.3, 0.4) is 0 Å². The van der Waals surface area contributed by atoms with Crippen LogP contribution in [-0.4, -0.2) is 43.4 Å². The van der Waals surface area contributed by atoms with E-state index in [0.29, 0.717) is 0 Å². The zero-order valence-corrected chi connectivity index (χ0v) is 19.6. The summed E-state index contributed by atoms with van der Waals surface area (Å²) in [4.78, 5) is 37.9. The molecule has 1 unspecified atom stereocenters. The first-order valence-electron chi connectivity index (χ1n) is 12.1. The number of ketones is 1. The quantitative estimate of drug-likeness (QED) is 0.450. The fourth-order valence-electron chi connectivity index (χ4n) is 4.55. The summed E-state index contributed by atoms with van der Waals surface area (Å²) in [6, 6.07) is 14.6. The molecule has 3 amide bonds. The molecule has 0 bridgehead atoms. The number of hydrogen-bond acceptors (Lipinski definition) is 5. The van der Waals surface area contributed by atoms with Crippen molar-refractivity contribution in [2.24, 2.45) is 5.92 Å². The molecule has 1 atom stereocenters. The van der Waals surface area contributed by atoms with Crippen LogP contribution in [0.1, 0.15) is 38.2 Å². The average molecular weight is 464 g/mol. The molecule has 2 aliphatic heterocycles. The van der Waals surface area contributed by atoms with Crippen LogP contribution in [0.4, 0.5) is 21.9 Å². The first-order valence-corrected chi connectivity index (χ1v) is 12.1. The van der Waals surface area contributed by atoms with Crippen molar-refractivity contribution in [2.45, 2.75) is 45.2 Å². The van der Waals surface area contributed by atoms with E-state index in [1.54, 1.807) is 0 Å². The van der Waals surface area contributed by atoms with Gasteiger partial charge in [0.05, 0.1) is 6.54 Å². The highest BCUT2D eigenvalue weighted by atomic mass is 16.2. The maximum atomic E-state index is 12.2. The first kappa shape index (κ1) is 23.6. The number of nitrogens with one attached hydrogen (secondary N) is 4. The largest absolute Gasteiger partial charge is 0.372 e. The van der Waals surface area contributed by atoms with Crippen LogP contribution in [0.25, 0.3) is 0 Å². The van der Waals surface area contributed by atoms with Crippen molar-refractivity contribution in [3.05, 3.63) is 54.1 Å². The third kappa shape index (κ3) is 6.07. The summed E-state index contributed by atoms with van der Waals surface area (Å²) in [6.07, 6.45) is 5.19. The van der Waals surface area contributed by atoms with Gasteiger partial charge in [0, 0.05) is 36.7 Å². The van der Waals surface area contributed by atoms with Gasteiger partial charge in [-0.15, -0.1) is 0 Å². The summed E-state index contributed by atoms with van der Waals surface area (Å²) in [5.74, 6) is 0.0202. The molecular formula is C26H33N5O3. The van der Waals surface area contributed by atoms with Crippen molar-refractivity contribution >= 4 is 34.8 Å². The number of benzene rings is 2. The number of rotatable bonds is 8. The summed E-state index contributed by atoms with van der Waals surface area (Å²) in [6.45, 7) is 4.67. The lowest BCUT2D eigenvalue weighted by molar-refractivity contribution is -0.131. The van der Waals surface area contributed by atoms with E-state index < -0.39 is 18.0 Å². The zero-order chi connectivity index (χ0) is 23.9. The highest BCUT2D eigenvalue weighted by Crippen LogP contribution is 2.27. The van der Waals surface area contributed by atoms with Crippen LogP contribution in [-0.2, 0) is 16.1 Å². The molecule has 0 saturated carbocycles. The standard InChI is InChI=1S/C26H33N5O3/c1-2-3-18-12-14-31(15-13-18)22-10-8-21(9-11-22)29-20-6-4-19(5-7-20)16-27-25(33)24-23(32)17-28-26(34)30-24/h4-11,18,24,29H,2-3,12-17H2,1H3,(H,27,33)(H2,28,30,34). The van der Waals surface area contributed by atoms with Crippen molar-refractivity contribution in [1.82, 2.24) is 16.0 Å². The molecule has 0 spiro atoms. The van der Waals surface area contributed by atoms with Crippen molar-refractivity contribution in [3.63, 3.8) is 0 Å². The summed E-state index contributed by atoms with van der Waals surface area (Å²) in [5.41, 5.74) is 4.14. The van der Waals surface area contributed by atoms with Gasteiger partial charge in [0.25, 0.3) is 5.91 Å². The molecule has 180 valence electrons. The minimum Gasteiger partial charge on any atom is -0.372 e. The van der Waals surface area contributed by atoms with Crippen LogP contribution in [0.2, 0.25) is 0 Å². The molecule has 34 heavy (non-hydrogen) atoms. The minimum absolute atomic E-state index is 0.136. The summed E-state index contributed by atoms with van der Waals surface area (Å²) >= 11 is 0. The topological polar surface area (TPSA) is 103 Å². The Kier molecular flexibility index (Phi) is 7.67. The van der Waals surface area contributed by atoms with E-state index in [-0.39, 0.29) is 18.9 Å². The van der Waals surface area contributed by atoms with Gasteiger partial charge < -0.3 is 26.2 Å². The molecule has 2 aromatic rings. The summed E-state index contributed by atoms with van der Waals surface area (Å²) in [5, 5.41) is 10.8. The van der Waals surface area contributed by atoms with E-state index in [0.717, 1.165) is 35.9 Å². The third-order valence-electron chi connectivity index (χ3n) is 6.54. The number of nitrogens with zero attached hydrogens (tertiary/aromatic N) is 1. The molecule has 2 aliphatic rings. The molecule has 4 N–H and O–H groups in total. The zero-order valence-electron chi connectivity index (χ0n) is 19.6. The predicted molar refractivity (Wildman–Crippen MR) is 133 cm³/mol. The van der Waals surface area contributed by atoms with Crippen LogP contribution >= 0.6 is 0 Å². The smallest absolute Gasteiger partial charge is 0.316 e. The van der Waals surface area contributed by atoms with Gasteiger partial charge in [-0.1, -0.05) is 31.9 Å². The van der Waals surface area contributed by atoms with Crippen LogP contribution in [0.15, 0.2) is 48.5 Å². The Labute approximate surface area is 200 Å². The monoisotopic (exact) mass is 463 g/mol. The van der Waals surface area contributed by atoms with E-state index in [1.807, 2.05) is 24.3 Å². The predicted octanol–water partition coefficient (Wildman–Crippen LogP) is 3.31. The number of hydrogen-bond donors (Lipinski definition) is 4. The van der Waals surface area contributed by atoms with Gasteiger partial charge in [0.2, 0.25) is 0 Å². The number of anilines is 3. The Morgan fingerprint density at radius 1 is 1.00 bits per heavy atom. The second-order valence-electron chi connectivity index (χ2n) is 9.03. The summed E-state index contributed by atoms with van der Waals surface area (Å²) in [7, 11) is 0. The van der Waals surface area contributed by atoms with Gasteiger partial charge in [-0.25, -0.2) is 4.79 Å². The number of carbonyl (C=O) groups is 3. The molecule has 2 heterocycles. The maximum absolute atomic E-state index is 12.2.